The minimum Gasteiger partial charge on any atom is -0.504 e. The van der Waals surface area contributed by atoms with Crippen LogP contribution < -0.4 is 13.8 Å². The van der Waals surface area contributed by atoms with Gasteiger partial charge in [0.05, 0.1) is 24.7 Å². The summed E-state index contributed by atoms with van der Waals surface area (Å²) < 4.78 is 37.7. The predicted molar refractivity (Wildman–Crippen MR) is 173 cm³/mol. The quantitative estimate of drug-likeness (QED) is 0.129. The van der Waals surface area contributed by atoms with Crippen LogP contribution in [0.2, 0.25) is 5.02 Å². The monoisotopic (exact) mass is 630 g/mol. The molecule has 0 spiro atoms. The van der Waals surface area contributed by atoms with Gasteiger partial charge in [0, 0.05) is 21.4 Å². The predicted octanol–water partition coefficient (Wildman–Crippen LogP) is 9.22. The molecule has 4 aromatic carbocycles. The summed E-state index contributed by atoms with van der Waals surface area (Å²) in [5, 5.41) is 12.2. The normalized spacial score (nSPS) is 15.7. The molecule has 6 rings (SSSR count). The van der Waals surface area contributed by atoms with E-state index in [1.165, 1.54) is 7.11 Å². The van der Waals surface area contributed by atoms with Gasteiger partial charge in [-0.3, -0.25) is 0 Å². The summed E-state index contributed by atoms with van der Waals surface area (Å²) in [5.74, 6) is 1.48. The molecule has 0 fully saturated rings. The Balaban J connectivity index is 1.50. The molecule has 1 N–H and O–H groups in total. The maximum atomic E-state index is 14.5. The molecule has 0 bridgehead atoms. The number of rotatable bonds is 9. The third kappa shape index (κ3) is 6.00. The molecule has 0 saturated heterocycles. The van der Waals surface area contributed by atoms with E-state index in [2.05, 4.69) is 6.58 Å². The number of methoxy groups -OCH3 is 1. The van der Waals surface area contributed by atoms with Crippen LogP contribution in [0.25, 0.3) is 10.1 Å². The van der Waals surface area contributed by atoms with Gasteiger partial charge in [-0.05, 0) is 53.6 Å². The number of phenols is 1. The zero-order valence-electron chi connectivity index (χ0n) is 23.2. The molecule has 1 aromatic heterocycles. The fraction of sp³-hybridized carbons (Fsp3) is 0.121. The second-order valence-corrected chi connectivity index (χ2v) is 12.9. The highest BCUT2D eigenvalue weighted by atomic mass is 35.5. The van der Waals surface area contributed by atoms with Crippen molar-refractivity contribution in [2.24, 2.45) is 4.76 Å². The molecule has 0 aliphatic carbocycles. The summed E-state index contributed by atoms with van der Waals surface area (Å²) in [6, 6.07) is 28.6. The largest absolute Gasteiger partial charge is 0.564 e. The maximum Gasteiger partial charge on any atom is 0.564 e. The van der Waals surface area contributed by atoms with Crippen molar-refractivity contribution in [2.45, 2.75) is 19.0 Å². The Bertz CT molecular complexity index is 1820. The summed E-state index contributed by atoms with van der Waals surface area (Å²) in [6.45, 7) is 4.48. The van der Waals surface area contributed by atoms with Crippen molar-refractivity contribution in [3.63, 3.8) is 0 Å². The number of benzene rings is 4. The lowest BCUT2D eigenvalue weighted by Crippen LogP contribution is -2.39. The number of hydrogen-bond donors (Lipinski definition) is 1. The van der Waals surface area contributed by atoms with E-state index < -0.39 is 13.8 Å². The summed E-state index contributed by atoms with van der Waals surface area (Å²) in [7, 11) is -2.69. The zero-order chi connectivity index (χ0) is 30.0. The van der Waals surface area contributed by atoms with Crippen LogP contribution in [-0.4, -0.2) is 23.0 Å². The van der Waals surface area contributed by atoms with Crippen molar-refractivity contribution in [1.29, 1.82) is 0 Å². The summed E-state index contributed by atoms with van der Waals surface area (Å²) in [5.41, 5.74) is 1.66. The highest BCUT2D eigenvalue weighted by molar-refractivity contribution is 7.53. The molecule has 0 amide bonds. The minimum atomic E-state index is -4.19. The summed E-state index contributed by atoms with van der Waals surface area (Å²) >= 11 is 8.48. The van der Waals surface area contributed by atoms with Crippen molar-refractivity contribution in [3.8, 4) is 23.0 Å². The van der Waals surface area contributed by atoms with Gasteiger partial charge < -0.3 is 23.8 Å². The molecule has 2 heterocycles. The van der Waals surface area contributed by atoms with Crippen LogP contribution in [0.1, 0.15) is 22.0 Å². The molecular weight excluding hydrogens is 603 g/mol. The maximum absolute atomic E-state index is 14.5. The molecule has 10 heteroatoms. The third-order valence-corrected chi connectivity index (χ3v) is 10.1. The van der Waals surface area contributed by atoms with Crippen molar-refractivity contribution in [2.75, 3.05) is 7.11 Å². The third-order valence-electron chi connectivity index (χ3n) is 7.08. The van der Waals surface area contributed by atoms with Gasteiger partial charge in [-0.25, -0.2) is 4.57 Å². The van der Waals surface area contributed by atoms with Gasteiger partial charge in [0.1, 0.15) is 17.3 Å². The number of para-hydroxylation sites is 2. The standard InChI is InChI=1S/C33H28ClN2O5PS/c1-3-27-26-20-29(39-2)28(37)18-22(26)19-32(36(27)21-31-33(34)25-16-10-11-17-30(25)43-31)35-42(38,40-23-12-6-4-7-13-23)41-24-14-8-5-9-15-24/h3-18,20,27,37H,1,19,21H2,2H3/b35-32-. The molecule has 1 unspecified atom stereocenters. The first kappa shape index (κ1) is 28.9. The van der Waals surface area contributed by atoms with E-state index >= 15 is 0 Å². The van der Waals surface area contributed by atoms with E-state index in [-0.39, 0.29) is 12.2 Å². The van der Waals surface area contributed by atoms with Crippen LogP contribution in [0.5, 0.6) is 23.0 Å². The second kappa shape index (κ2) is 12.2. The molecule has 7 nitrogen and oxygen atoms in total. The molecule has 218 valence electrons. The first-order valence-corrected chi connectivity index (χ1v) is 16.2. The first-order valence-electron chi connectivity index (χ1n) is 13.5. The van der Waals surface area contributed by atoms with Crippen LogP contribution in [-0.2, 0) is 17.5 Å². The summed E-state index contributed by atoms with van der Waals surface area (Å²) in [4.78, 5) is 2.91. The van der Waals surface area contributed by atoms with E-state index in [1.54, 1.807) is 78.1 Å². The van der Waals surface area contributed by atoms with Crippen molar-refractivity contribution >= 4 is 46.6 Å². The highest BCUT2D eigenvalue weighted by Crippen LogP contribution is 2.52. The molecule has 1 atom stereocenters. The number of hydrogen-bond acceptors (Lipinski definition) is 6. The van der Waals surface area contributed by atoms with Crippen LogP contribution in [0, 0.1) is 0 Å². The van der Waals surface area contributed by atoms with Gasteiger partial charge in [-0.1, -0.05) is 72.3 Å². The Kier molecular flexibility index (Phi) is 8.17. The molecule has 5 aromatic rings. The lowest BCUT2D eigenvalue weighted by molar-refractivity contribution is 0.335. The Hall–Kier alpha value is -4.23. The Morgan fingerprint density at radius 2 is 1.65 bits per heavy atom. The smallest absolute Gasteiger partial charge is 0.504 e. The van der Waals surface area contributed by atoms with Gasteiger partial charge in [-0.2, -0.15) is 0 Å². The number of ether oxygens (including phenoxy) is 1. The molecule has 43 heavy (non-hydrogen) atoms. The van der Waals surface area contributed by atoms with Crippen molar-refractivity contribution < 1.29 is 23.5 Å². The number of fused-ring (bicyclic) bond motifs is 2. The zero-order valence-corrected chi connectivity index (χ0v) is 25.7. The van der Waals surface area contributed by atoms with Crippen molar-refractivity contribution in [3.05, 3.63) is 131 Å². The van der Waals surface area contributed by atoms with Crippen LogP contribution in [0.3, 0.4) is 0 Å². The number of halogens is 1. The van der Waals surface area contributed by atoms with E-state index in [1.807, 2.05) is 41.3 Å². The average molecular weight is 631 g/mol. The van der Waals surface area contributed by atoms with Gasteiger partial charge in [0.15, 0.2) is 11.5 Å². The number of phenolic OH excluding ortho intramolecular Hbond substituents is 1. The number of nitrogens with zero attached hydrogens (tertiary/aromatic N) is 2. The van der Waals surface area contributed by atoms with E-state index in [9.17, 15) is 9.67 Å². The topological polar surface area (TPSA) is 80.6 Å². The van der Waals surface area contributed by atoms with Crippen LogP contribution in [0.4, 0.5) is 0 Å². The van der Waals surface area contributed by atoms with Gasteiger partial charge in [0.2, 0.25) is 0 Å². The number of thiophene rings is 1. The number of amidine groups is 1. The highest BCUT2D eigenvalue weighted by Gasteiger charge is 2.36. The first-order chi connectivity index (χ1) is 20.9. The van der Waals surface area contributed by atoms with Crippen LogP contribution >= 0.6 is 30.7 Å². The fourth-order valence-electron chi connectivity index (χ4n) is 5.11. The van der Waals surface area contributed by atoms with Gasteiger partial charge in [0.25, 0.3) is 0 Å². The molecule has 1 aliphatic rings. The SMILES string of the molecule is C=CC1c2cc(OC)c(O)cc2C/C(=N/P(=O)(Oc2ccccc2)Oc2ccccc2)N1Cc1sc2ccccc2c1Cl. The Morgan fingerprint density at radius 1 is 1.02 bits per heavy atom. The average Bonchev–Trinajstić information content (AvgIpc) is 3.33. The molecule has 0 radical (unpaired) electrons. The Morgan fingerprint density at radius 3 is 2.26 bits per heavy atom. The molecular formula is C33H28ClN2O5PS. The fourth-order valence-corrected chi connectivity index (χ4v) is 7.96. The Labute approximate surface area is 258 Å². The van der Waals surface area contributed by atoms with Gasteiger partial charge >= 0.3 is 7.75 Å². The van der Waals surface area contributed by atoms with Gasteiger partial charge in [-0.15, -0.1) is 22.7 Å². The molecule has 1 aliphatic heterocycles. The minimum absolute atomic E-state index is 0.00586. The van der Waals surface area contributed by atoms with E-state index in [4.69, 9.17) is 30.1 Å². The van der Waals surface area contributed by atoms with Crippen molar-refractivity contribution in [1.82, 2.24) is 4.90 Å². The number of aromatic hydroxyl groups is 1. The molecule has 0 saturated carbocycles. The lowest BCUT2D eigenvalue weighted by atomic mass is 9.91. The van der Waals surface area contributed by atoms with E-state index in [0.717, 1.165) is 26.1 Å². The summed E-state index contributed by atoms with van der Waals surface area (Å²) in [6.07, 6.45) is 2.02. The lowest BCUT2D eigenvalue weighted by Gasteiger charge is -2.38. The second-order valence-electron chi connectivity index (χ2n) is 9.84. The van der Waals surface area contributed by atoms with E-state index in [0.29, 0.717) is 34.7 Å². The van der Waals surface area contributed by atoms with Crippen LogP contribution in [0.15, 0.2) is 114 Å².